The summed E-state index contributed by atoms with van der Waals surface area (Å²) in [6.07, 6.45) is 0.338. The van der Waals surface area contributed by atoms with Gasteiger partial charge in [-0.15, -0.1) is 0 Å². The molecule has 2 aromatic rings. The van der Waals surface area contributed by atoms with E-state index in [0.29, 0.717) is 11.4 Å². The minimum absolute atomic E-state index is 0.0949. The highest BCUT2D eigenvalue weighted by atomic mass is 35.5. The summed E-state index contributed by atoms with van der Waals surface area (Å²) in [7, 11) is 0. The minimum atomic E-state index is -0.223. The summed E-state index contributed by atoms with van der Waals surface area (Å²) in [5.41, 5.74) is 8.33. The SMILES string of the molecule is CC(CC(=O)OCc1cccc(Cl)c1)c1ccc(N)cc1. The molecule has 0 bridgehead atoms. The predicted molar refractivity (Wildman–Crippen MR) is 85.1 cm³/mol. The van der Waals surface area contributed by atoms with Crippen molar-refractivity contribution in [3.05, 3.63) is 64.7 Å². The number of ether oxygens (including phenoxy) is 1. The van der Waals surface area contributed by atoms with E-state index in [1.54, 1.807) is 12.1 Å². The van der Waals surface area contributed by atoms with Gasteiger partial charge in [0, 0.05) is 10.7 Å². The van der Waals surface area contributed by atoms with Crippen molar-refractivity contribution in [1.29, 1.82) is 0 Å². The molecule has 2 N–H and O–H groups in total. The Hall–Kier alpha value is -2.00. The average Bonchev–Trinajstić information content (AvgIpc) is 2.46. The molecule has 0 fully saturated rings. The number of halogens is 1. The van der Waals surface area contributed by atoms with Crippen molar-refractivity contribution in [3.8, 4) is 0 Å². The summed E-state index contributed by atoms with van der Waals surface area (Å²) in [4.78, 5) is 11.9. The predicted octanol–water partition coefficient (Wildman–Crippen LogP) is 4.16. The number of hydrogen-bond acceptors (Lipinski definition) is 3. The summed E-state index contributed by atoms with van der Waals surface area (Å²) in [5, 5.41) is 0.638. The zero-order chi connectivity index (χ0) is 15.2. The Morgan fingerprint density at radius 1 is 1.24 bits per heavy atom. The molecule has 0 aliphatic heterocycles. The number of nitrogens with two attached hydrogens (primary N) is 1. The highest BCUT2D eigenvalue weighted by Crippen LogP contribution is 2.21. The Kier molecular flexibility index (Phi) is 5.23. The monoisotopic (exact) mass is 303 g/mol. The zero-order valence-corrected chi connectivity index (χ0v) is 12.6. The third kappa shape index (κ3) is 4.80. The van der Waals surface area contributed by atoms with Crippen LogP contribution < -0.4 is 5.73 Å². The molecule has 3 nitrogen and oxygen atoms in total. The first-order valence-electron chi connectivity index (χ1n) is 6.80. The van der Waals surface area contributed by atoms with Crippen LogP contribution in [-0.2, 0) is 16.1 Å². The molecular weight excluding hydrogens is 286 g/mol. The van der Waals surface area contributed by atoms with Crippen LogP contribution in [0.2, 0.25) is 5.02 Å². The van der Waals surface area contributed by atoms with Crippen molar-refractivity contribution >= 4 is 23.3 Å². The Bertz CT molecular complexity index is 610. The fraction of sp³-hybridized carbons (Fsp3) is 0.235. The third-order valence-corrected chi connectivity index (χ3v) is 3.50. The van der Waals surface area contributed by atoms with Crippen LogP contribution >= 0.6 is 11.6 Å². The fourth-order valence-electron chi connectivity index (χ4n) is 2.04. The van der Waals surface area contributed by atoms with Gasteiger partial charge in [-0.25, -0.2) is 0 Å². The van der Waals surface area contributed by atoms with Gasteiger partial charge in [-0.1, -0.05) is 42.8 Å². The average molecular weight is 304 g/mol. The molecule has 1 unspecified atom stereocenters. The summed E-state index contributed by atoms with van der Waals surface area (Å²) < 4.78 is 5.28. The maximum absolute atomic E-state index is 11.9. The number of nitrogen functional groups attached to an aromatic ring is 1. The molecule has 0 radical (unpaired) electrons. The normalized spacial score (nSPS) is 11.9. The smallest absolute Gasteiger partial charge is 0.306 e. The molecule has 21 heavy (non-hydrogen) atoms. The second-order valence-electron chi connectivity index (χ2n) is 5.06. The van der Waals surface area contributed by atoms with E-state index in [9.17, 15) is 4.79 Å². The molecule has 0 aliphatic rings. The van der Waals surface area contributed by atoms with Gasteiger partial charge in [-0.05, 0) is 41.3 Å². The Morgan fingerprint density at radius 3 is 2.62 bits per heavy atom. The van der Waals surface area contributed by atoms with E-state index >= 15 is 0 Å². The number of carbonyl (C=O) groups excluding carboxylic acids is 1. The second kappa shape index (κ2) is 7.14. The van der Waals surface area contributed by atoms with E-state index in [1.807, 2.05) is 43.3 Å². The van der Waals surface area contributed by atoms with Gasteiger partial charge >= 0.3 is 5.97 Å². The van der Waals surface area contributed by atoms with Crippen LogP contribution in [-0.4, -0.2) is 5.97 Å². The van der Waals surface area contributed by atoms with E-state index in [1.165, 1.54) is 0 Å². The Labute approximate surface area is 129 Å². The Morgan fingerprint density at radius 2 is 1.95 bits per heavy atom. The van der Waals surface area contributed by atoms with Gasteiger partial charge in [0.25, 0.3) is 0 Å². The standard InChI is InChI=1S/C17H18ClNO2/c1-12(14-5-7-16(19)8-6-14)9-17(20)21-11-13-3-2-4-15(18)10-13/h2-8,10,12H,9,11,19H2,1H3. The van der Waals surface area contributed by atoms with Crippen LogP contribution in [0, 0.1) is 0 Å². The van der Waals surface area contributed by atoms with E-state index in [0.717, 1.165) is 16.8 Å². The van der Waals surface area contributed by atoms with Crippen LogP contribution in [0.5, 0.6) is 0 Å². The van der Waals surface area contributed by atoms with Crippen LogP contribution in [0.15, 0.2) is 48.5 Å². The summed E-state index contributed by atoms with van der Waals surface area (Å²) in [6.45, 7) is 2.24. The van der Waals surface area contributed by atoms with Gasteiger partial charge in [0.2, 0.25) is 0 Å². The number of esters is 1. The van der Waals surface area contributed by atoms with E-state index < -0.39 is 0 Å². The molecule has 2 rings (SSSR count). The maximum Gasteiger partial charge on any atom is 0.306 e. The number of rotatable bonds is 5. The van der Waals surface area contributed by atoms with Crippen LogP contribution in [0.3, 0.4) is 0 Å². The number of hydrogen-bond donors (Lipinski definition) is 1. The zero-order valence-electron chi connectivity index (χ0n) is 11.9. The van der Waals surface area contributed by atoms with Crippen molar-refractivity contribution < 1.29 is 9.53 Å². The molecule has 2 aromatic carbocycles. The first-order chi connectivity index (χ1) is 10.0. The molecule has 0 aromatic heterocycles. The van der Waals surface area contributed by atoms with E-state index in [-0.39, 0.29) is 18.5 Å². The van der Waals surface area contributed by atoms with Crippen molar-refractivity contribution in [3.63, 3.8) is 0 Å². The van der Waals surface area contributed by atoms with E-state index in [2.05, 4.69) is 0 Å². The van der Waals surface area contributed by atoms with Gasteiger partial charge in [-0.3, -0.25) is 4.79 Å². The summed E-state index contributed by atoms with van der Waals surface area (Å²) >= 11 is 5.89. The van der Waals surface area contributed by atoms with Gasteiger partial charge in [0.1, 0.15) is 6.61 Å². The minimum Gasteiger partial charge on any atom is -0.461 e. The van der Waals surface area contributed by atoms with Gasteiger partial charge < -0.3 is 10.5 Å². The maximum atomic E-state index is 11.9. The van der Waals surface area contributed by atoms with Gasteiger partial charge in [0.05, 0.1) is 6.42 Å². The van der Waals surface area contributed by atoms with Crippen molar-refractivity contribution in [2.75, 3.05) is 5.73 Å². The molecule has 0 spiro atoms. The van der Waals surface area contributed by atoms with E-state index in [4.69, 9.17) is 22.1 Å². The van der Waals surface area contributed by atoms with Crippen molar-refractivity contribution in [2.45, 2.75) is 25.9 Å². The molecule has 110 valence electrons. The first-order valence-corrected chi connectivity index (χ1v) is 7.18. The lowest BCUT2D eigenvalue weighted by Crippen LogP contribution is -2.08. The molecular formula is C17H18ClNO2. The molecule has 0 amide bonds. The largest absolute Gasteiger partial charge is 0.461 e. The lowest BCUT2D eigenvalue weighted by Gasteiger charge is -2.12. The molecule has 0 saturated heterocycles. The summed E-state index contributed by atoms with van der Waals surface area (Å²) in [5.74, 6) is -0.128. The number of carbonyl (C=O) groups is 1. The molecule has 0 heterocycles. The first kappa shape index (κ1) is 15.4. The fourth-order valence-corrected chi connectivity index (χ4v) is 2.25. The molecule has 1 atom stereocenters. The third-order valence-electron chi connectivity index (χ3n) is 3.27. The number of benzene rings is 2. The highest BCUT2D eigenvalue weighted by molar-refractivity contribution is 6.30. The van der Waals surface area contributed by atoms with Crippen LogP contribution in [0.4, 0.5) is 5.69 Å². The Balaban J connectivity index is 1.85. The van der Waals surface area contributed by atoms with Crippen molar-refractivity contribution in [2.24, 2.45) is 0 Å². The second-order valence-corrected chi connectivity index (χ2v) is 5.50. The van der Waals surface area contributed by atoms with Gasteiger partial charge in [-0.2, -0.15) is 0 Å². The lowest BCUT2D eigenvalue weighted by molar-refractivity contribution is -0.145. The molecule has 0 aliphatic carbocycles. The molecule has 0 saturated carbocycles. The quantitative estimate of drug-likeness (QED) is 0.666. The highest BCUT2D eigenvalue weighted by Gasteiger charge is 2.12. The van der Waals surface area contributed by atoms with Crippen molar-refractivity contribution in [1.82, 2.24) is 0 Å². The number of anilines is 1. The molecule has 4 heteroatoms. The van der Waals surface area contributed by atoms with Gasteiger partial charge in [0.15, 0.2) is 0 Å². The lowest BCUT2D eigenvalue weighted by atomic mass is 9.98. The van der Waals surface area contributed by atoms with Crippen LogP contribution in [0.1, 0.15) is 30.4 Å². The van der Waals surface area contributed by atoms with Crippen LogP contribution in [0.25, 0.3) is 0 Å². The topological polar surface area (TPSA) is 52.3 Å². The summed E-state index contributed by atoms with van der Waals surface area (Å²) in [6, 6.07) is 14.8.